The minimum atomic E-state index is -0.392. The van der Waals surface area contributed by atoms with Crippen molar-refractivity contribution >= 4 is 0 Å². The molecule has 2 aromatic carbocycles. The second kappa shape index (κ2) is 4.44. The summed E-state index contributed by atoms with van der Waals surface area (Å²) in [5.74, 6) is 0.337. The van der Waals surface area contributed by atoms with E-state index in [1.165, 1.54) is 16.7 Å². The molecule has 4 atom stereocenters. The Morgan fingerprint density at radius 1 is 0.800 bits per heavy atom. The molecule has 4 unspecified atom stereocenters. The van der Waals surface area contributed by atoms with Crippen molar-refractivity contribution < 1.29 is 10.2 Å². The molecular weight excluding hydrogens is 248 g/mol. The molecule has 2 aliphatic carbocycles. The first-order chi connectivity index (χ1) is 9.75. The van der Waals surface area contributed by atoms with Gasteiger partial charge < -0.3 is 10.2 Å². The van der Waals surface area contributed by atoms with E-state index in [1.54, 1.807) is 0 Å². The van der Waals surface area contributed by atoms with Gasteiger partial charge in [0.05, 0.1) is 12.2 Å². The smallest absolute Gasteiger partial charge is 0.0798 e. The van der Waals surface area contributed by atoms with E-state index < -0.39 is 6.10 Å². The first-order valence-electron chi connectivity index (χ1n) is 7.28. The van der Waals surface area contributed by atoms with Gasteiger partial charge in [0.25, 0.3) is 0 Å². The first-order valence-corrected chi connectivity index (χ1v) is 7.28. The highest BCUT2D eigenvalue weighted by atomic mass is 16.3. The van der Waals surface area contributed by atoms with Crippen molar-refractivity contribution in [2.45, 2.75) is 36.9 Å². The van der Waals surface area contributed by atoms with Crippen LogP contribution in [0, 0.1) is 0 Å². The normalized spacial score (nSPS) is 31.1. The SMILES string of the molecule is OC1CC(C2c3ccccc3CC2O)c2ccccc21. The van der Waals surface area contributed by atoms with Crippen LogP contribution in [0.1, 0.15) is 46.6 Å². The number of fused-ring (bicyclic) bond motifs is 2. The molecule has 0 saturated carbocycles. The van der Waals surface area contributed by atoms with Crippen molar-refractivity contribution in [1.29, 1.82) is 0 Å². The third kappa shape index (κ3) is 1.65. The molecule has 0 radical (unpaired) electrons. The van der Waals surface area contributed by atoms with Crippen molar-refractivity contribution in [3.8, 4) is 0 Å². The van der Waals surface area contributed by atoms with Crippen molar-refractivity contribution in [1.82, 2.24) is 0 Å². The summed E-state index contributed by atoms with van der Waals surface area (Å²) in [6.45, 7) is 0. The summed E-state index contributed by atoms with van der Waals surface area (Å²) < 4.78 is 0. The van der Waals surface area contributed by atoms with Crippen LogP contribution in [0.3, 0.4) is 0 Å². The number of aliphatic hydroxyl groups is 2. The summed E-state index contributed by atoms with van der Waals surface area (Å²) in [5.41, 5.74) is 4.76. The summed E-state index contributed by atoms with van der Waals surface area (Å²) in [7, 11) is 0. The molecule has 0 saturated heterocycles. The molecule has 2 aliphatic rings. The molecule has 0 spiro atoms. The zero-order valence-corrected chi connectivity index (χ0v) is 11.2. The van der Waals surface area contributed by atoms with Crippen LogP contribution in [0.2, 0.25) is 0 Å². The zero-order chi connectivity index (χ0) is 13.7. The molecule has 2 N–H and O–H groups in total. The maximum atomic E-state index is 10.5. The van der Waals surface area contributed by atoms with Gasteiger partial charge in [-0.25, -0.2) is 0 Å². The van der Waals surface area contributed by atoms with E-state index in [4.69, 9.17) is 0 Å². The molecule has 20 heavy (non-hydrogen) atoms. The average molecular weight is 266 g/mol. The van der Waals surface area contributed by atoms with Crippen LogP contribution in [0.4, 0.5) is 0 Å². The number of hydrogen-bond donors (Lipinski definition) is 2. The predicted octanol–water partition coefficient (Wildman–Crippen LogP) is 2.91. The summed E-state index contributed by atoms with van der Waals surface area (Å²) in [6, 6.07) is 16.4. The Bertz CT molecular complexity index is 649. The van der Waals surface area contributed by atoms with Crippen molar-refractivity contribution in [2.75, 3.05) is 0 Å². The lowest BCUT2D eigenvalue weighted by atomic mass is 9.82. The summed E-state index contributed by atoms with van der Waals surface area (Å²) in [5, 5.41) is 20.8. The number of rotatable bonds is 1. The van der Waals surface area contributed by atoms with Gasteiger partial charge in [-0.2, -0.15) is 0 Å². The Balaban J connectivity index is 1.80. The van der Waals surface area contributed by atoms with E-state index in [0.29, 0.717) is 0 Å². The first kappa shape index (κ1) is 12.1. The third-order valence-electron chi connectivity index (χ3n) is 4.92. The Morgan fingerprint density at radius 2 is 1.45 bits per heavy atom. The van der Waals surface area contributed by atoms with Gasteiger partial charge in [-0.3, -0.25) is 0 Å². The Morgan fingerprint density at radius 3 is 2.25 bits per heavy atom. The highest BCUT2D eigenvalue weighted by Gasteiger charge is 2.42. The lowest BCUT2D eigenvalue weighted by Crippen LogP contribution is -2.19. The van der Waals surface area contributed by atoms with E-state index >= 15 is 0 Å². The quantitative estimate of drug-likeness (QED) is 0.833. The summed E-state index contributed by atoms with van der Waals surface area (Å²) in [4.78, 5) is 0. The van der Waals surface area contributed by atoms with Crippen molar-refractivity contribution in [2.24, 2.45) is 0 Å². The Hall–Kier alpha value is -1.64. The van der Waals surface area contributed by atoms with Crippen LogP contribution in [0.5, 0.6) is 0 Å². The standard InChI is InChI=1S/C18H18O2/c19-16-10-15(13-7-3-4-8-14(13)16)18-12-6-2-1-5-11(12)9-17(18)20/h1-8,15-20H,9-10H2. The monoisotopic (exact) mass is 266 g/mol. The summed E-state index contributed by atoms with van der Waals surface area (Å²) >= 11 is 0. The molecule has 2 aromatic rings. The Kier molecular flexibility index (Phi) is 2.69. The molecular formula is C18H18O2. The molecule has 4 rings (SSSR count). The zero-order valence-electron chi connectivity index (χ0n) is 11.2. The van der Waals surface area contributed by atoms with Crippen LogP contribution in [0.15, 0.2) is 48.5 Å². The van der Waals surface area contributed by atoms with E-state index in [1.807, 2.05) is 30.3 Å². The van der Waals surface area contributed by atoms with E-state index in [9.17, 15) is 10.2 Å². The topological polar surface area (TPSA) is 40.5 Å². The number of benzene rings is 2. The fourth-order valence-corrected chi connectivity index (χ4v) is 4.08. The van der Waals surface area contributed by atoms with Gasteiger partial charge in [0.15, 0.2) is 0 Å². The largest absolute Gasteiger partial charge is 0.392 e. The van der Waals surface area contributed by atoms with Gasteiger partial charge in [0.2, 0.25) is 0 Å². The number of hydrogen-bond acceptors (Lipinski definition) is 2. The van der Waals surface area contributed by atoms with Gasteiger partial charge in [-0.15, -0.1) is 0 Å². The van der Waals surface area contributed by atoms with Crippen LogP contribution in [-0.2, 0) is 6.42 Å². The second-order valence-electron chi connectivity index (χ2n) is 5.98. The van der Waals surface area contributed by atoms with Gasteiger partial charge in [-0.1, -0.05) is 48.5 Å². The molecule has 0 fully saturated rings. The molecule has 0 aliphatic heterocycles. The summed E-state index contributed by atoms with van der Waals surface area (Å²) in [6.07, 6.45) is 0.720. The van der Waals surface area contributed by atoms with E-state index in [-0.39, 0.29) is 17.9 Å². The third-order valence-corrected chi connectivity index (χ3v) is 4.92. The fourth-order valence-electron chi connectivity index (χ4n) is 4.08. The van der Waals surface area contributed by atoms with Crippen molar-refractivity contribution in [3.63, 3.8) is 0 Å². The van der Waals surface area contributed by atoms with Gasteiger partial charge >= 0.3 is 0 Å². The predicted molar refractivity (Wildman–Crippen MR) is 77.7 cm³/mol. The van der Waals surface area contributed by atoms with E-state index in [0.717, 1.165) is 18.4 Å². The average Bonchev–Trinajstić information content (AvgIpc) is 2.96. The molecule has 2 heteroatoms. The second-order valence-corrected chi connectivity index (χ2v) is 5.98. The molecule has 2 nitrogen and oxygen atoms in total. The van der Waals surface area contributed by atoms with Crippen LogP contribution >= 0.6 is 0 Å². The van der Waals surface area contributed by atoms with Crippen LogP contribution in [-0.4, -0.2) is 16.3 Å². The Labute approximate surface area is 118 Å². The molecule has 0 heterocycles. The highest BCUT2D eigenvalue weighted by molar-refractivity contribution is 5.45. The molecule has 102 valence electrons. The maximum Gasteiger partial charge on any atom is 0.0798 e. The van der Waals surface area contributed by atoms with E-state index in [2.05, 4.69) is 18.2 Å². The lowest BCUT2D eigenvalue weighted by molar-refractivity contribution is 0.125. The number of aliphatic hydroxyl groups excluding tert-OH is 2. The highest BCUT2D eigenvalue weighted by Crippen LogP contribution is 2.51. The lowest BCUT2D eigenvalue weighted by Gasteiger charge is -2.24. The van der Waals surface area contributed by atoms with Gasteiger partial charge in [0, 0.05) is 5.92 Å². The van der Waals surface area contributed by atoms with Crippen molar-refractivity contribution in [3.05, 3.63) is 70.8 Å². The van der Waals surface area contributed by atoms with Gasteiger partial charge in [0.1, 0.15) is 0 Å². The molecule has 0 aromatic heterocycles. The fraction of sp³-hybridized carbons (Fsp3) is 0.333. The maximum absolute atomic E-state index is 10.5. The van der Waals surface area contributed by atoms with Crippen LogP contribution < -0.4 is 0 Å². The minimum absolute atomic E-state index is 0.115. The van der Waals surface area contributed by atoms with Gasteiger partial charge in [-0.05, 0) is 41.0 Å². The molecule has 0 bridgehead atoms. The van der Waals surface area contributed by atoms with Crippen LogP contribution in [0.25, 0.3) is 0 Å². The molecule has 0 amide bonds. The minimum Gasteiger partial charge on any atom is -0.392 e.